The monoisotopic (exact) mass is 348 g/mol. The molecule has 0 radical (unpaired) electrons. The van der Waals surface area contributed by atoms with Crippen molar-refractivity contribution in [1.82, 2.24) is 4.90 Å². The van der Waals surface area contributed by atoms with Crippen LogP contribution >= 0.6 is 0 Å². The summed E-state index contributed by atoms with van der Waals surface area (Å²) in [5.74, 6) is -0.394. The van der Waals surface area contributed by atoms with E-state index in [4.69, 9.17) is 0 Å². The zero-order valence-electron chi connectivity index (χ0n) is 14.2. The summed E-state index contributed by atoms with van der Waals surface area (Å²) < 4.78 is 24.8. The van der Waals surface area contributed by atoms with Crippen molar-refractivity contribution in [2.24, 2.45) is 0 Å². The highest BCUT2D eigenvalue weighted by Crippen LogP contribution is 2.22. The molecule has 0 bridgehead atoms. The van der Waals surface area contributed by atoms with Crippen LogP contribution in [0, 0.1) is 12.7 Å². The fourth-order valence-corrected chi connectivity index (χ4v) is 2.79. The van der Waals surface area contributed by atoms with Gasteiger partial charge in [0.25, 0.3) is 0 Å². The first-order valence-corrected chi connectivity index (χ1v) is 9.08. The van der Waals surface area contributed by atoms with Gasteiger partial charge in [-0.1, -0.05) is 18.2 Å². The van der Waals surface area contributed by atoms with Crippen LogP contribution in [0.5, 0.6) is 0 Å². The van der Waals surface area contributed by atoms with Crippen molar-refractivity contribution in [1.29, 1.82) is 0 Å². The lowest BCUT2D eigenvalue weighted by Gasteiger charge is -2.26. The van der Waals surface area contributed by atoms with Gasteiger partial charge in [-0.05, 0) is 49.2 Å². The fraction of sp³-hybridized carbons (Fsp3) is 0.278. The summed E-state index contributed by atoms with van der Waals surface area (Å²) >= 11 is 0. The number of carbonyl (C=O) groups excluding carboxylic acids is 1. The van der Waals surface area contributed by atoms with Gasteiger partial charge in [0.2, 0.25) is 0 Å². The van der Waals surface area contributed by atoms with Crippen LogP contribution in [0.3, 0.4) is 0 Å². The number of aryl methyl sites for hydroxylation is 1. The molecule has 0 aromatic heterocycles. The van der Waals surface area contributed by atoms with E-state index in [0.717, 1.165) is 16.0 Å². The second kappa shape index (κ2) is 7.57. The molecule has 1 N–H and O–H groups in total. The van der Waals surface area contributed by atoms with Crippen molar-refractivity contribution >= 4 is 22.5 Å². The van der Waals surface area contributed by atoms with Crippen molar-refractivity contribution in [2.45, 2.75) is 24.8 Å². The third-order valence-electron chi connectivity index (χ3n) is 4.04. The van der Waals surface area contributed by atoms with Gasteiger partial charge in [0, 0.05) is 34.7 Å². The zero-order valence-corrected chi connectivity index (χ0v) is 15.0. The summed E-state index contributed by atoms with van der Waals surface area (Å²) in [5.41, 5.74) is 2.18. The Hall–Kier alpha value is -2.21. The van der Waals surface area contributed by atoms with Crippen molar-refractivity contribution < 1.29 is 13.4 Å². The molecule has 0 saturated carbocycles. The molecule has 2 aromatic rings. The average molecular weight is 348 g/mol. The van der Waals surface area contributed by atoms with Crippen LogP contribution in [0.25, 0.3) is 0 Å². The molecule has 0 fully saturated rings. The predicted molar refractivity (Wildman–Crippen MR) is 95.1 cm³/mol. The van der Waals surface area contributed by atoms with Crippen LogP contribution in [-0.2, 0) is 10.8 Å². The van der Waals surface area contributed by atoms with E-state index in [1.807, 2.05) is 26.0 Å². The lowest BCUT2D eigenvalue weighted by molar-refractivity contribution is 0.208. The summed E-state index contributed by atoms with van der Waals surface area (Å²) in [5, 5.41) is 2.73. The van der Waals surface area contributed by atoms with Crippen LogP contribution in [0.4, 0.5) is 14.9 Å². The van der Waals surface area contributed by atoms with Gasteiger partial charge in [0.1, 0.15) is 5.82 Å². The Kier molecular flexibility index (Phi) is 5.72. The lowest BCUT2D eigenvalue weighted by Crippen LogP contribution is -2.33. The van der Waals surface area contributed by atoms with Gasteiger partial charge >= 0.3 is 6.03 Å². The highest BCUT2D eigenvalue weighted by atomic mass is 32.2. The Morgan fingerprint density at radius 3 is 2.42 bits per heavy atom. The van der Waals surface area contributed by atoms with Gasteiger partial charge in [-0.2, -0.15) is 0 Å². The van der Waals surface area contributed by atoms with Crippen molar-refractivity contribution in [3.05, 3.63) is 59.4 Å². The average Bonchev–Trinajstić information content (AvgIpc) is 2.56. The van der Waals surface area contributed by atoms with E-state index in [0.29, 0.717) is 5.69 Å². The topological polar surface area (TPSA) is 49.4 Å². The SMILES string of the molecule is Cc1ccc(F)cc1NC(=O)N(C)[C@H](C)c1ccc([S@](C)=O)cc1. The van der Waals surface area contributed by atoms with E-state index in [2.05, 4.69) is 5.32 Å². The maximum Gasteiger partial charge on any atom is 0.322 e. The zero-order chi connectivity index (χ0) is 17.9. The van der Waals surface area contributed by atoms with Crippen LogP contribution in [-0.4, -0.2) is 28.4 Å². The van der Waals surface area contributed by atoms with Gasteiger partial charge in [-0.15, -0.1) is 0 Å². The predicted octanol–water partition coefficient (Wildman–Crippen LogP) is 4.10. The number of benzene rings is 2. The minimum Gasteiger partial charge on any atom is -0.321 e. The van der Waals surface area contributed by atoms with Crippen molar-refractivity contribution in [2.75, 3.05) is 18.6 Å². The van der Waals surface area contributed by atoms with Crippen LogP contribution in [0.2, 0.25) is 0 Å². The first-order valence-electron chi connectivity index (χ1n) is 7.53. The number of carbonyl (C=O) groups is 1. The van der Waals surface area contributed by atoms with E-state index < -0.39 is 16.6 Å². The molecule has 0 saturated heterocycles. The molecule has 0 heterocycles. The molecule has 2 amide bonds. The summed E-state index contributed by atoms with van der Waals surface area (Å²) in [6.45, 7) is 3.71. The Bertz CT molecular complexity index is 762. The molecule has 0 unspecified atom stereocenters. The van der Waals surface area contributed by atoms with E-state index in [1.165, 1.54) is 12.1 Å². The Balaban J connectivity index is 2.11. The quantitative estimate of drug-likeness (QED) is 0.904. The molecule has 2 atom stereocenters. The summed E-state index contributed by atoms with van der Waals surface area (Å²) in [6, 6.07) is 11.1. The van der Waals surface area contributed by atoms with Crippen molar-refractivity contribution in [3.8, 4) is 0 Å². The maximum absolute atomic E-state index is 13.3. The first-order chi connectivity index (χ1) is 11.3. The molecule has 0 aliphatic rings. The normalized spacial score (nSPS) is 13.2. The number of nitrogens with zero attached hydrogens (tertiary/aromatic N) is 1. The van der Waals surface area contributed by atoms with Gasteiger partial charge in [-0.25, -0.2) is 9.18 Å². The second-order valence-corrected chi connectivity index (χ2v) is 7.08. The van der Waals surface area contributed by atoms with Crippen LogP contribution in [0.15, 0.2) is 47.4 Å². The lowest BCUT2D eigenvalue weighted by atomic mass is 10.1. The highest BCUT2D eigenvalue weighted by Gasteiger charge is 2.18. The van der Waals surface area contributed by atoms with E-state index in [1.54, 1.807) is 36.4 Å². The smallest absolute Gasteiger partial charge is 0.321 e. The number of rotatable bonds is 4. The maximum atomic E-state index is 13.3. The third-order valence-corrected chi connectivity index (χ3v) is 4.97. The summed E-state index contributed by atoms with van der Waals surface area (Å²) in [7, 11) is 0.651. The number of hydrogen-bond donors (Lipinski definition) is 1. The molecule has 0 spiro atoms. The van der Waals surface area contributed by atoms with Gasteiger partial charge < -0.3 is 10.2 Å². The third kappa shape index (κ3) is 4.20. The minimum absolute atomic E-state index is 0.182. The second-order valence-electron chi connectivity index (χ2n) is 5.70. The van der Waals surface area contributed by atoms with E-state index in [-0.39, 0.29) is 12.1 Å². The standard InChI is InChI=1S/C18H21FN2O2S/c1-12-5-8-15(19)11-17(12)20-18(22)21(3)13(2)14-6-9-16(10-7-14)24(4)23/h5-11,13H,1-4H3,(H,20,22)/t13-,24+/m1/s1. The molecule has 0 aliphatic carbocycles. The van der Waals surface area contributed by atoms with E-state index >= 15 is 0 Å². The molecule has 6 heteroatoms. The number of urea groups is 1. The Morgan fingerprint density at radius 2 is 1.83 bits per heavy atom. The molecular formula is C18H21FN2O2S. The molecule has 128 valence electrons. The molecule has 2 rings (SSSR count). The summed E-state index contributed by atoms with van der Waals surface area (Å²) in [4.78, 5) is 14.7. The Labute approximate surface area is 144 Å². The summed E-state index contributed by atoms with van der Waals surface area (Å²) in [6.07, 6.45) is 1.62. The Morgan fingerprint density at radius 1 is 1.21 bits per heavy atom. The molecule has 24 heavy (non-hydrogen) atoms. The van der Waals surface area contributed by atoms with E-state index in [9.17, 15) is 13.4 Å². The van der Waals surface area contributed by atoms with Gasteiger partial charge in [0.05, 0.1) is 6.04 Å². The minimum atomic E-state index is -1.03. The first kappa shape index (κ1) is 18.1. The number of nitrogens with one attached hydrogen (secondary N) is 1. The number of anilines is 1. The molecular weight excluding hydrogens is 327 g/mol. The fourth-order valence-electron chi connectivity index (χ4n) is 2.27. The molecule has 0 aliphatic heterocycles. The van der Waals surface area contributed by atoms with Gasteiger partial charge in [-0.3, -0.25) is 4.21 Å². The molecule has 4 nitrogen and oxygen atoms in total. The van der Waals surface area contributed by atoms with Crippen molar-refractivity contribution in [3.63, 3.8) is 0 Å². The van der Waals surface area contributed by atoms with Gasteiger partial charge in [0.15, 0.2) is 0 Å². The number of halogens is 1. The number of hydrogen-bond acceptors (Lipinski definition) is 2. The number of amides is 2. The molecule has 2 aromatic carbocycles. The largest absolute Gasteiger partial charge is 0.322 e. The van der Waals surface area contributed by atoms with Crippen LogP contribution in [0.1, 0.15) is 24.1 Å². The highest BCUT2D eigenvalue weighted by molar-refractivity contribution is 7.84. The van der Waals surface area contributed by atoms with Crippen LogP contribution < -0.4 is 5.32 Å².